The Bertz CT molecular complexity index is 964. The highest BCUT2D eigenvalue weighted by Crippen LogP contribution is 2.28. The van der Waals surface area contributed by atoms with Crippen LogP contribution in [0.15, 0.2) is 47.8 Å². The number of carbonyl (C=O) groups is 1. The molecule has 0 radical (unpaired) electrons. The summed E-state index contributed by atoms with van der Waals surface area (Å²) in [4.78, 5) is 12.3. The Morgan fingerprint density at radius 1 is 1.15 bits per heavy atom. The van der Waals surface area contributed by atoms with Gasteiger partial charge in [0, 0.05) is 5.02 Å². The molecule has 0 aliphatic heterocycles. The van der Waals surface area contributed by atoms with E-state index in [2.05, 4.69) is 26.1 Å². The van der Waals surface area contributed by atoms with E-state index in [0.29, 0.717) is 10.7 Å². The monoisotopic (exact) mass is 408 g/mol. The van der Waals surface area contributed by atoms with Gasteiger partial charge in [0.2, 0.25) is 0 Å². The van der Waals surface area contributed by atoms with Crippen molar-refractivity contribution in [2.75, 3.05) is 0 Å². The Hall–Kier alpha value is -2.48. The van der Waals surface area contributed by atoms with Crippen LogP contribution in [0, 0.1) is 0 Å². The molecular formula is C16H11Cl3N6O. The lowest BCUT2D eigenvalue weighted by Crippen LogP contribution is -2.20. The van der Waals surface area contributed by atoms with Gasteiger partial charge in [0.05, 0.1) is 27.0 Å². The predicted octanol–water partition coefficient (Wildman–Crippen LogP) is 3.78. The summed E-state index contributed by atoms with van der Waals surface area (Å²) in [5.74, 6) is -0.535. The molecule has 0 fully saturated rings. The van der Waals surface area contributed by atoms with Crippen LogP contribution >= 0.6 is 34.8 Å². The second-order valence-corrected chi connectivity index (χ2v) is 6.44. The SMILES string of the molecule is CC(=NNC(=O)c1c(Cl)cc(Cl)cc1Cl)c1cccc(-n2cnnn2)c1. The Morgan fingerprint density at radius 2 is 1.88 bits per heavy atom. The molecule has 0 unspecified atom stereocenters. The molecule has 3 aromatic rings. The lowest BCUT2D eigenvalue weighted by atomic mass is 10.1. The van der Waals surface area contributed by atoms with E-state index in [0.717, 1.165) is 11.3 Å². The molecule has 1 amide bonds. The number of nitrogens with one attached hydrogen (secondary N) is 1. The van der Waals surface area contributed by atoms with E-state index in [1.807, 2.05) is 24.3 Å². The average Bonchev–Trinajstić information content (AvgIpc) is 3.13. The summed E-state index contributed by atoms with van der Waals surface area (Å²) in [6.07, 6.45) is 1.48. The van der Waals surface area contributed by atoms with Crippen molar-refractivity contribution in [3.8, 4) is 5.69 Å². The number of hydrogen-bond donors (Lipinski definition) is 1. The fourth-order valence-electron chi connectivity index (χ4n) is 2.17. The van der Waals surface area contributed by atoms with Crippen molar-refractivity contribution in [3.63, 3.8) is 0 Å². The molecule has 0 aliphatic rings. The third-order valence-corrected chi connectivity index (χ3v) is 4.25. The molecule has 0 atom stereocenters. The highest BCUT2D eigenvalue weighted by Gasteiger charge is 2.15. The van der Waals surface area contributed by atoms with E-state index in [1.165, 1.54) is 23.1 Å². The number of tetrazole rings is 1. The van der Waals surface area contributed by atoms with E-state index in [1.54, 1.807) is 6.92 Å². The molecule has 10 heteroatoms. The van der Waals surface area contributed by atoms with Gasteiger partial charge in [0.1, 0.15) is 6.33 Å². The van der Waals surface area contributed by atoms with Gasteiger partial charge in [-0.25, -0.2) is 10.1 Å². The molecule has 3 rings (SSSR count). The van der Waals surface area contributed by atoms with Crippen molar-refractivity contribution in [3.05, 3.63) is 68.9 Å². The number of halogens is 3. The summed E-state index contributed by atoms with van der Waals surface area (Å²) in [6, 6.07) is 10.2. The maximum Gasteiger partial charge on any atom is 0.274 e. The molecular weight excluding hydrogens is 399 g/mol. The minimum Gasteiger partial charge on any atom is -0.267 e. The van der Waals surface area contributed by atoms with Crippen molar-refractivity contribution in [1.29, 1.82) is 0 Å². The van der Waals surface area contributed by atoms with Crippen LogP contribution in [0.4, 0.5) is 0 Å². The molecule has 132 valence electrons. The van der Waals surface area contributed by atoms with Crippen LogP contribution < -0.4 is 5.43 Å². The number of aromatic nitrogens is 4. The summed E-state index contributed by atoms with van der Waals surface area (Å²) < 4.78 is 1.52. The van der Waals surface area contributed by atoms with E-state index >= 15 is 0 Å². The number of hydrogen-bond acceptors (Lipinski definition) is 5. The van der Waals surface area contributed by atoms with Crippen LogP contribution in [-0.4, -0.2) is 31.8 Å². The Morgan fingerprint density at radius 3 is 2.54 bits per heavy atom. The van der Waals surface area contributed by atoms with Gasteiger partial charge in [0.25, 0.3) is 5.91 Å². The zero-order valence-electron chi connectivity index (χ0n) is 13.3. The first-order chi connectivity index (χ1) is 12.5. The zero-order chi connectivity index (χ0) is 18.7. The van der Waals surface area contributed by atoms with Gasteiger partial charge in [0.15, 0.2) is 0 Å². The molecule has 1 heterocycles. The van der Waals surface area contributed by atoms with Gasteiger partial charge in [-0.1, -0.05) is 46.9 Å². The first-order valence-corrected chi connectivity index (χ1v) is 8.42. The fourth-order valence-corrected chi connectivity index (χ4v) is 3.16. The molecule has 2 aromatic carbocycles. The Kier molecular flexibility index (Phi) is 5.51. The van der Waals surface area contributed by atoms with Crippen molar-refractivity contribution < 1.29 is 4.79 Å². The quantitative estimate of drug-likeness (QED) is 0.525. The minimum atomic E-state index is -0.535. The number of amides is 1. The second kappa shape index (κ2) is 7.82. The van der Waals surface area contributed by atoms with Crippen molar-refractivity contribution in [2.24, 2.45) is 5.10 Å². The number of rotatable bonds is 4. The fraction of sp³-hybridized carbons (Fsp3) is 0.0625. The first-order valence-electron chi connectivity index (χ1n) is 7.28. The third-order valence-electron chi connectivity index (χ3n) is 3.44. The topological polar surface area (TPSA) is 85.1 Å². The highest BCUT2D eigenvalue weighted by atomic mass is 35.5. The van der Waals surface area contributed by atoms with Crippen LogP contribution in [0.25, 0.3) is 5.69 Å². The summed E-state index contributed by atoms with van der Waals surface area (Å²) >= 11 is 17.9. The molecule has 1 N–H and O–H groups in total. The minimum absolute atomic E-state index is 0.108. The smallest absolute Gasteiger partial charge is 0.267 e. The first kappa shape index (κ1) is 18.3. The van der Waals surface area contributed by atoms with Gasteiger partial charge in [-0.05, 0) is 47.2 Å². The molecule has 0 saturated heterocycles. The molecule has 7 nitrogen and oxygen atoms in total. The van der Waals surface area contributed by atoms with Crippen molar-refractivity contribution in [2.45, 2.75) is 6.92 Å². The predicted molar refractivity (Wildman–Crippen MR) is 100 cm³/mol. The van der Waals surface area contributed by atoms with Crippen LogP contribution in [0.2, 0.25) is 15.1 Å². The molecule has 0 bridgehead atoms. The van der Waals surface area contributed by atoms with Gasteiger partial charge < -0.3 is 0 Å². The van der Waals surface area contributed by atoms with E-state index in [-0.39, 0.29) is 15.6 Å². The lowest BCUT2D eigenvalue weighted by Gasteiger charge is -2.08. The number of benzene rings is 2. The maximum absolute atomic E-state index is 12.3. The van der Waals surface area contributed by atoms with E-state index < -0.39 is 5.91 Å². The normalized spacial score (nSPS) is 11.5. The summed E-state index contributed by atoms with van der Waals surface area (Å²) in [5.41, 5.74) is 4.67. The molecule has 26 heavy (non-hydrogen) atoms. The number of hydrazone groups is 1. The molecule has 0 aliphatic carbocycles. The van der Waals surface area contributed by atoms with Crippen LogP contribution in [0.1, 0.15) is 22.8 Å². The summed E-state index contributed by atoms with van der Waals surface area (Å²) in [5, 5.41) is 15.8. The van der Waals surface area contributed by atoms with E-state index in [9.17, 15) is 4.79 Å². The van der Waals surface area contributed by atoms with Gasteiger partial charge in [-0.15, -0.1) is 5.10 Å². The third kappa shape index (κ3) is 4.01. The van der Waals surface area contributed by atoms with Crippen LogP contribution in [-0.2, 0) is 0 Å². The number of nitrogens with zero attached hydrogens (tertiary/aromatic N) is 5. The standard InChI is InChI=1S/C16H11Cl3N6O/c1-9(10-3-2-4-12(5-10)25-8-20-23-24-25)21-22-16(26)15-13(18)6-11(17)7-14(15)19/h2-8H,1H3,(H,22,26). The van der Waals surface area contributed by atoms with Crippen LogP contribution in [0.3, 0.4) is 0 Å². The summed E-state index contributed by atoms with van der Waals surface area (Å²) in [7, 11) is 0. The van der Waals surface area contributed by atoms with Crippen molar-refractivity contribution >= 4 is 46.4 Å². The van der Waals surface area contributed by atoms with Crippen molar-refractivity contribution in [1.82, 2.24) is 25.6 Å². The zero-order valence-corrected chi connectivity index (χ0v) is 15.6. The number of carbonyl (C=O) groups excluding carboxylic acids is 1. The lowest BCUT2D eigenvalue weighted by molar-refractivity contribution is 0.0955. The van der Waals surface area contributed by atoms with Crippen LogP contribution in [0.5, 0.6) is 0 Å². The molecule has 0 saturated carbocycles. The Labute approximate surface area is 163 Å². The van der Waals surface area contributed by atoms with Gasteiger partial charge in [-0.2, -0.15) is 5.10 Å². The molecule has 1 aromatic heterocycles. The maximum atomic E-state index is 12.3. The average molecular weight is 410 g/mol. The van der Waals surface area contributed by atoms with Gasteiger partial charge in [-0.3, -0.25) is 4.79 Å². The van der Waals surface area contributed by atoms with Gasteiger partial charge >= 0.3 is 0 Å². The second-order valence-electron chi connectivity index (χ2n) is 5.19. The van der Waals surface area contributed by atoms with E-state index in [4.69, 9.17) is 34.8 Å². The Balaban J connectivity index is 1.81. The largest absolute Gasteiger partial charge is 0.274 e. The summed E-state index contributed by atoms with van der Waals surface area (Å²) in [6.45, 7) is 1.75. The molecule has 0 spiro atoms. The highest BCUT2D eigenvalue weighted by molar-refractivity contribution is 6.42.